The fourth-order valence-corrected chi connectivity index (χ4v) is 3.08. The number of benzene rings is 1. The van der Waals surface area contributed by atoms with Crippen LogP contribution >= 0.6 is 0 Å². The highest BCUT2D eigenvalue weighted by molar-refractivity contribution is 7.87. The first kappa shape index (κ1) is 17.8. The van der Waals surface area contributed by atoms with Crippen molar-refractivity contribution < 1.29 is 12.6 Å². The van der Waals surface area contributed by atoms with Gasteiger partial charge < -0.3 is 4.18 Å². The molecule has 0 aromatic heterocycles. The van der Waals surface area contributed by atoms with Crippen molar-refractivity contribution in [1.82, 2.24) is 0 Å². The van der Waals surface area contributed by atoms with E-state index in [-0.39, 0.29) is 16.6 Å². The van der Waals surface area contributed by atoms with Crippen LogP contribution in [0, 0.1) is 0 Å². The molecule has 3 nitrogen and oxygen atoms in total. The third-order valence-corrected chi connectivity index (χ3v) is 4.20. The van der Waals surface area contributed by atoms with Gasteiger partial charge >= 0.3 is 10.1 Å². The van der Waals surface area contributed by atoms with Crippen molar-refractivity contribution in [2.45, 2.75) is 52.4 Å². The quantitative estimate of drug-likeness (QED) is 0.619. The largest absolute Gasteiger partial charge is 0.382 e. The van der Waals surface area contributed by atoms with E-state index in [1.54, 1.807) is 6.07 Å². The molecular formula is C17H26O3S. The van der Waals surface area contributed by atoms with E-state index < -0.39 is 10.1 Å². The van der Waals surface area contributed by atoms with E-state index >= 15 is 0 Å². The van der Waals surface area contributed by atoms with Gasteiger partial charge in [0.05, 0.1) is 0 Å². The van der Waals surface area contributed by atoms with Crippen molar-refractivity contribution in [1.29, 1.82) is 0 Å². The zero-order chi connectivity index (χ0) is 16.5. The molecule has 118 valence electrons. The predicted molar refractivity (Wildman–Crippen MR) is 88.5 cm³/mol. The van der Waals surface area contributed by atoms with Gasteiger partial charge in [0.15, 0.2) is 0 Å². The topological polar surface area (TPSA) is 43.4 Å². The molecule has 0 saturated carbocycles. The molecule has 0 radical (unpaired) electrons. The lowest BCUT2D eigenvalue weighted by Crippen LogP contribution is -2.24. The van der Waals surface area contributed by atoms with E-state index in [0.29, 0.717) is 5.75 Å². The van der Waals surface area contributed by atoms with E-state index in [1.165, 1.54) is 6.08 Å². The maximum absolute atomic E-state index is 11.9. The molecule has 0 unspecified atom stereocenters. The molecule has 0 heterocycles. The summed E-state index contributed by atoms with van der Waals surface area (Å²) < 4.78 is 29.2. The molecule has 0 aliphatic rings. The van der Waals surface area contributed by atoms with Crippen molar-refractivity contribution in [3.8, 4) is 5.75 Å². The normalized spacial score (nSPS) is 13.0. The van der Waals surface area contributed by atoms with Gasteiger partial charge in [-0.15, -0.1) is 6.58 Å². The Labute approximate surface area is 129 Å². The Balaban J connectivity index is 3.51. The lowest BCUT2D eigenvalue weighted by atomic mass is 9.75. The number of hydrogen-bond acceptors (Lipinski definition) is 3. The Morgan fingerprint density at radius 3 is 2.10 bits per heavy atom. The smallest absolute Gasteiger partial charge is 0.312 e. The average molecular weight is 310 g/mol. The summed E-state index contributed by atoms with van der Waals surface area (Å²) in [6.07, 6.45) is 1.33. The Morgan fingerprint density at radius 1 is 1.10 bits per heavy atom. The molecule has 0 saturated heterocycles. The van der Waals surface area contributed by atoms with Gasteiger partial charge in [-0.05, 0) is 22.5 Å². The summed E-state index contributed by atoms with van der Waals surface area (Å²) in [7, 11) is -3.65. The van der Waals surface area contributed by atoms with Crippen molar-refractivity contribution in [3.05, 3.63) is 42.0 Å². The van der Waals surface area contributed by atoms with Gasteiger partial charge in [0.25, 0.3) is 0 Å². The molecule has 0 bridgehead atoms. The fraction of sp³-hybridized carbons (Fsp3) is 0.529. The highest BCUT2D eigenvalue weighted by Gasteiger charge is 2.29. The van der Waals surface area contributed by atoms with Gasteiger partial charge in [-0.3, -0.25) is 0 Å². The van der Waals surface area contributed by atoms with Gasteiger partial charge in [0.1, 0.15) is 11.5 Å². The minimum absolute atomic E-state index is 0.0931. The van der Waals surface area contributed by atoms with Crippen LogP contribution < -0.4 is 4.18 Å². The summed E-state index contributed by atoms with van der Waals surface area (Å²) in [6.45, 7) is 16.0. The molecular weight excluding hydrogens is 284 g/mol. The van der Waals surface area contributed by atoms with Gasteiger partial charge in [-0.1, -0.05) is 59.8 Å². The van der Waals surface area contributed by atoms with Crippen LogP contribution in [0.25, 0.3) is 0 Å². The Kier molecular flexibility index (Phi) is 4.94. The van der Waals surface area contributed by atoms with Crippen LogP contribution in [0.1, 0.15) is 52.7 Å². The van der Waals surface area contributed by atoms with Gasteiger partial charge in [-0.25, -0.2) is 0 Å². The lowest BCUT2D eigenvalue weighted by Gasteiger charge is -2.31. The summed E-state index contributed by atoms with van der Waals surface area (Å²) in [5.74, 6) is 0.216. The Hall–Kier alpha value is -1.29. The number of hydrogen-bond donors (Lipinski definition) is 0. The Morgan fingerprint density at radius 2 is 1.67 bits per heavy atom. The van der Waals surface area contributed by atoms with E-state index in [0.717, 1.165) is 11.1 Å². The van der Waals surface area contributed by atoms with Crippen molar-refractivity contribution in [2.24, 2.45) is 0 Å². The van der Waals surface area contributed by atoms with Crippen LogP contribution in [0.3, 0.4) is 0 Å². The van der Waals surface area contributed by atoms with Gasteiger partial charge in [0.2, 0.25) is 0 Å². The van der Waals surface area contributed by atoms with Crippen LogP contribution in [0.2, 0.25) is 0 Å². The molecule has 0 N–H and O–H groups in total. The predicted octanol–water partition coefficient (Wildman–Crippen LogP) is 4.18. The van der Waals surface area contributed by atoms with E-state index in [2.05, 4.69) is 48.1 Å². The number of rotatable bonds is 4. The van der Waals surface area contributed by atoms with Gasteiger partial charge in [0, 0.05) is 5.56 Å². The standard InChI is InChI=1S/C17H26O3S/c1-8-12-21(18,19)20-14-11-9-10-13(16(2,3)4)15(14)17(5,6)7/h8-11H,1,12H2,2-7H3. The third-order valence-electron chi connectivity index (χ3n) is 3.12. The molecule has 4 heteroatoms. The molecule has 0 amide bonds. The molecule has 1 rings (SSSR count). The summed E-state index contributed by atoms with van der Waals surface area (Å²) in [5.41, 5.74) is 1.72. The second-order valence-corrected chi connectivity index (χ2v) is 8.89. The first-order valence-corrected chi connectivity index (χ1v) is 8.63. The van der Waals surface area contributed by atoms with Crippen molar-refractivity contribution in [3.63, 3.8) is 0 Å². The maximum atomic E-state index is 11.9. The molecule has 21 heavy (non-hydrogen) atoms. The SMILES string of the molecule is C=CCS(=O)(=O)Oc1cccc(C(C)(C)C)c1C(C)(C)C. The van der Waals surface area contributed by atoms with Crippen LogP contribution in [0.4, 0.5) is 0 Å². The summed E-state index contributed by atoms with van der Waals surface area (Å²) >= 11 is 0. The van der Waals surface area contributed by atoms with Crippen molar-refractivity contribution in [2.75, 3.05) is 5.75 Å². The summed E-state index contributed by atoms with van der Waals surface area (Å²) in [6, 6.07) is 5.60. The highest BCUT2D eigenvalue weighted by atomic mass is 32.2. The molecule has 0 atom stereocenters. The monoisotopic (exact) mass is 310 g/mol. The Bertz CT molecular complexity index is 614. The van der Waals surface area contributed by atoms with E-state index in [1.807, 2.05) is 12.1 Å². The lowest BCUT2D eigenvalue weighted by molar-refractivity contribution is 0.463. The fourth-order valence-electron chi connectivity index (χ4n) is 2.31. The summed E-state index contributed by atoms with van der Waals surface area (Å²) in [4.78, 5) is 0. The van der Waals surface area contributed by atoms with E-state index in [9.17, 15) is 8.42 Å². The molecule has 0 aliphatic carbocycles. The highest BCUT2D eigenvalue weighted by Crippen LogP contribution is 2.40. The van der Waals surface area contributed by atoms with Crippen LogP contribution in [-0.4, -0.2) is 14.2 Å². The molecule has 1 aromatic carbocycles. The zero-order valence-corrected chi connectivity index (χ0v) is 14.7. The first-order chi connectivity index (χ1) is 9.38. The first-order valence-electron chi connectivity index (χ1n) is 7.05. The average Bonchev–Trinajstić information content (AvgIpc) is 2.24. The minimum atomic E-state index is -3.65. The van der Waals surface area contributed by atoms with Crippen LogP contribution in [0.5, 0.6) is 5.75 Å². The summed E-state index contributed by atoms with van der Waals surface area (Å²) in [5, 5.41) is 0. The third kappa shape index (κ3) is 4.60. The minimum Gasteiger partial charge on any atom is -0.382 e. The molecule has 1 aromatic rings. The molecule has 0 fully saturated rings. The second kappa shape index (κ2) is 5.84. The van der Waals surface area contributed by atoms with Crippen LogP contribution in [0.15, 0.2) is 30.9 Å². The zero-order valence-electron chi connectivity index (χ0n) is 13.9. The van der Waals surface area contributed by atoms with E-state index in [4.69, 9.17) is 4.18 Å². The van der Waals surface area contributed by atoms with Crippen LogP contribution in [-0.2, 0) is 20.9 Å². The molecule has 0 aliphatic heterocycles. The van der Waals surface area contributed by atoms with Gasteiger partial charge in [-0.2, -0.15) is 8.42 Å². The maximum Gasteiger partial charge on any atom is 0.312 e. The molecule has 0 spiro atoms. The second-order valence-electron chi connectivity index (χ2n) is 7.28. The van der Waals surface area contributed by atoms with Crippen molar-refractivity contribution >= 4 is 10.1 Å².